The van der Waals surface area contributed by atoms with Crippen LogP contribution in [0.25, 0.3) is 0 Å². The molecule has 0 amide bonds. The first kappa shape index (κ1) is 11.0. The summed E-state index contributed by atoms with van der Waals surface area (Å²) in [5.74, 6) is 0. The van der Waals surface area contributed by atoms with Gasteiger partial charge in [0.1, 0.15) is 4.99 Å². The van der Waals surface area contributed by atoms with Gasteiger partial charge in [-0.15, -0.1) is 0 Å². The fraction of sp³-hybridized carbons (Fsp3) is 0.0909. The second-order valence-corrected chi connectivity index (χ2v) is 4.62. The van der Waals surface area contributed by atoms with Crippen molar-refractivity contribution >= 4 is 28.5 Å². The van der Waals surface area contributed by atoms with E-state index < -0.39 is 0 Å². The Bertz CT molecular complexity index is 571. The number of nitrogens with zero attached hydrogens (tertiary/aromatic N) is 1. The van der Waals surface area contributed by atoms with Crippen LogP contribution in [0.3, 0.4) is 0 Å². The fourth-order valence-corrected chi connectivity index (χ4v) is 2.27. The van der Waals surface area contributed by atoms with E-state index in [1.807, 2.05) is 24.3 Å². The molecule has 82 valence electrons. The van der Waals surface area contributed by atoms with E-state index in [-0.39, 0.29) is 4.87 Å². The summed E-state index contributed by atoms with van der Waals surface area (Å²) in [4.78, 5) is 11.8. The molecule has 16 heavy (non-hydrogen) atoms. The Morgan fingerprint density at radius 3 is 2.81 bits per heavy atom. The molecular formula is C11H10N2OS2. The van der Waals surface area contributed by atoms with Crippen molar-refractivity contribution in [2.24, 2.45) is 5.73 Å². The number of rotatable bonds is 3. The van der Waals surface area contributed by atoms with E-state index in [4.69, 9.17) is 18.0 Å². The summed E-state index contributed by atoms with van der Waals surface area (Å²) in [5, 5.41) is 1.77. The van der Waals surface area contributed by atoms with Gasteiger partial charge in [-0.2, -0.15) is 0 Å². The Morgan fingerprint density at radius 1 is 1.44 bits per heavy atom. The van der Waals surface area contributed by atoms with Gasteiger partial charge in [-0.25, -0.2) is 0 Å². The molecule has 0 radical (unpaired) electrons. The van der Waals surface area contributed by atoms with Crippen molar-refractivity contribution in [1.29, 1.82) is 0 Å². The van der Waals surface area contributed by atoms with Crippen molar-refractivity contribution in [2.75, 3.05) is 0 Å². The SMILES string of the molecule is NC(=S)c1ccccc1Cn1ccsc1=O. The Morgan fingerprint density at radius 2 is 2.19 bits per heavy atom. The maximum absolute atomic E-state index is 11.4. The Labute approximate surface area is 102 Å². The van der Waals surface area contributed by atoms with Gasteiger partial charge in [-0.1, -0.05) is 47.8 Å². The first-order valence-electron chi connectivity index (χ1n) is 4.70. The maximum atomic E-state index is 11.4. The molecule has 1 aromatic carbocycles. The van der Waals surface area contributed by atoms with E-state index in [9.17, 15) is 4.79 Å². The minimum atomic E-state index is 0.0257. The maximum Gasteiger partial charge on any atom is 0.307 e. The van der Waals surface area contributed by atoms with Crippen LogP contribution in [-0.2, 0) is 6.54 Å². The standard InChI is InChI=1S/C11H10N2OS2/c12-10(15)9-4-2-1-3-8(9)7-13-5-6-16-11(13)14/h1-6H,7H2,(H2,12,15). The molecule has 1 heterocycles. The van der Waals surface area contributed by atoms with Gasteiger partial charge in [0, 0.05) is 17.1 Å². The third-order valence-corrected chi connectivity index (χ3v) is 3.18. The summed E-state index contributed by atoms with van der Waals surface area (Å²) >= 11 is 6.15. The smallest absolute Gasteiger partial charge is 0.307 e. The molecule has 0 aliphatic heterocycles. The van der Waals surface area contributed by atoms with Crippen molar-refractivity contribution in [3.8, 4) is 0 Å². The van der Waals surface area contributed by atoms with Gasteiger partial charge in [-0.3, -0.25) is 4.79 Å². The summed E-state index contributed by atoms with van der Waals surface area (Å²) in [6.45, 7) is 0.510. The monoisotopic (exact) mass is 250 g/mol. The summed E-state index contributed by atoms with van der Waals surface area (Å²) in [7, 11) is 0. The molecule has 0 aliphatic carbocycles. The third-order valence-electron chi connectivity index (χ3n) is 2.27. The molecule has 0 bridgehead atoms. The van der Waals surface area contributed by atoms with Gasteiger partial charge < -0.3 is 10.3 Å². The highest BCUT2D eigenvalue weighted by Gasteiger charge is 2.05. The lowest BCUT2D eigenvalue weighted by Crippen LogP contribution is -2.17. The lowest BCUT2D eigenvalue weighted by Gasteiger charge is -2.07. The summed E-state index contributed by atoms with van der Waals surface area (Å²) in [6, 6.07) is 7.59. The predicted molar refractivity (Wildman–Crippen MR) is 70.0 cm³/mol. The van der Waals surface area contributed by atoms with Crippen molar-refractivity contribution in [3.05, 3.63) is 56.6 Å². The Balaban J connectivity index is 2.39. The number of benzene rings is 1. The molecule has 0 aliphatic rings. The van der Waals surface area contributed by atoms with Crippen LogP contribution in [0.5, 0.6) is 0 Å². The van der Waals surface area contributed by atoms with Crippen molar-refractivity contribution in [2.45, 2.75) is 6.54 Å². The summed E-state index contributed by atoms with van der Waals surface area (Å²) in [5.41, 5.74) is 7.43. The molecule has 5 heteroatoms. The van der Waals surface area contributed by atoms with Gasteiger partial charge in [0.25, 0.3) is 0 Å². The van der Waals surface area contributed by atoms with Gasteiger partial charge in [-0.05, 0) is 5.56 Å². The van der Waals surface area contributed by atoms with Crippen LogP contribution in [0.4, 0.5) is 0 Å². The van der Waals surface area contributed by atoms with Gasteiger partial charge in [0.05, 0.1) is 6.54 Å². The zero-order chi connectivity index (χ0) is 11.5. The van der Waals surface area contributed by atoms with Crippen LogP contribution in [0.15, 0.2) is 40.6 Å². The summed E-state index contributed by atoms with van der Waals surface area (Å²) < 4.78 is 1.64. The number of aromatic nitrogens is 1. The number of nitrogens with two attached hydrogens (primary N) is 1. The highest BCUT2D eigenvalue weighted by Crippen LogP contribution is 2.10. The van der Waals surface area contributed by atoms with Crippen molar-refractivity contribution < 1.29 is 0 Å². The van der Waals surface area contributed by atoms with Gasteiger partial charge >= 0.3 is 4.87 Å². The zero-order valence-corrected chi connectivity index (χ0v) is 10.1. The molecule has 1 aromatic heterocycles. The molecule has 3 nitrogen and oxygen atoms in total. The van der Waals surface area contributed by atoms with Crippen LogP contribution in [0.1, 0.15) is 11.1 Å². The minimum absolute atomic E-state index is 0.0257. The fourth-order valence-electron chi connectivity index (χ4n) is 1.49. The molecule has 0 atom stereocenters. The zero-order valence-electron chi connectivity index (χ0n) is 8.42. The normalized spacial score (nSPS) is 10.2. The van der Waals surface area contributed by atoms with Crippen LogP contribution in [-0.4, -0.2) is 9.56 Å². The molecule has 0 fully saturated rings. The number of thiocarbonyl (C=S) groups is 1. The molecule has 0 spiro atoms. The van der Waals surface area contributed by atoms with E-state index >= 15 is 0 Å². The number of thiazole rings is 1. The Hall–Kier alpha value is -1.46. The molecule has 2 N–H and O–H groups in total. The lowest BCUT2D eigenvalue weighted by molar-refractivity contribution is 0.783. The van der Waals surface area contributed by atoms with Crippen molar-refractivity contribution in [1.82, 2.24) is 4.57 Å². The first-order chi connectivity index (χ1) is 7.68. The van der Waals surface area contributed by atoms with Crippen LogP contribution < -0.4 is 10.6 Å². The second kappa shape index (κ2) is 4.59. The molecule has 0 saturated carbocycles. The molecule has 2 rings (SSSR count). The van der Waals surface area contributed by atoms with Gasteiger partial charge in [0.15, 0.2) is 0 Å². The number of hydrogen-bond acceptors (Lipinski definition) is 3. The molecule has 0 unspecified atom stereocenters. The topological polar surface area (TPSA) is 48.0 Å². The van der Waals surface area contributed by atoms with E-state index in [0.29, 0.717) is 11.5 Å². The van der Waals surface area contributed by atoms with Crippen LogP contribution >= 0.6 is 23.6 Å². The number of hydrogen-bond donors (Lipinski definition) is 1. The highest BCUT2D eigenvalue weighted by atomic mass is 32.1. The van der Waals surface area contributed by atoms with E-state index in [0.717, 1.165) is 11.1 Å². The average Bonchev–Trinajstić information content (AvgIpc) is 2.65. The van der Waals surface area contributed by atoms with E-state index in [1.165, 1.54) is 11.3 Å². The second-order valence-electron chi connectivity index (χ2n) is 3.32. The van der Waals surface area contributed by atoms with Crippen molar-refractivity contribution in [3.63, 3.8) is 0 Å². The molecular weight excluding hydrogens is 240 g/mol. The predicted octanol–water partition coefficient (Wildman–Crippen LogP) is 1.59. The highest BCUT2D eigenvalue weighted by molar-refractivity contribution is 7.80. The van der Waals surface area contributed by atoms with Crippen LogP contribution in [0.2, 0.25) is 0 Å². The molecule has 2 aromatic rings. The minimum Gasteiger partial charge on any atom is -0.389 e. The van der Waals surface area contributed by atoms with E-state index in [1.54, 1.807) is 16.1 Å². The average molecular weight is 250 g/mol. The third kappa shape index (κ3) is 2.20. The lowest BCUT2D eigenvalue weighted by atomic mass is 10.1. The first-order valence-corrected chi connectivity index (χ1v) is 5.99. The molecule has 0 saturated heterocycles. The summed E-state index contributed by atoms with van der Waals surface area (Å²) in [6.07, 6.45) is 1.77. The van der Waals surface area contributed by atoms with Crippen LogP contribution in [0, 0.1) is 0 Å². The Kier molecular flexibility index (Phi) is 3.17. The largest absolute Gasteiger partial charge is 0.389 e. The van der Waals surface area contributed by atoms with E-state index in [2.05, 4.69) is 0 Å². The quantitative estimate of drug-likeness (QED) is 0.842. The van der Waals surface area contributed by atoms with Gasteiger partial charge in [0.2, 0.25) is 0 Å².